The molecule has 0 unspecified atom stereocenters. The molecule has 0 fully saturated rings. The van der Waals surface area contributed by atoms with Crippen LogP contribution in [0.5, 0.6) is 0 Å². The number of nitriles is 1. The van der Waals surface area contributed by atoms with Gasteiger partial charge >= 0.3 is 5.97 Å². The van der Waals surface area contributed by atoms with Crippen LogP contribution in [-0.2, 0) is 4.74 Å². The molecule has 120 valence electrons. The monoisotopic (exact) mass is 327 g/mol. The van der Waals surface area contributed by atoms with E-state index >= 15 is 0 Å². The Kier molecular flexibility index (Phi) is 3.44. The highest BCUT2D eigenvalue weighted by Crippen LogP contribution is 2.33. The molecule has 4 rings (SSSR count). The molecule has 2 aromatic carbocycles. The number of benzene rings is 2. The van der Waals surface area contributed by atoms with Crippen LogP contribution in [0.15, 0.2) is 60.8 Å². The first-order valence-corrected chi connectivity index (χ1v) is 7.71. The summed E-state index contributed by atoms with van der Waals surface area (Å²) in [5, 5.41) is 10.8. The lowest BCUT2D eigenvalue weighted by Gasteiger charge is -2.07. The Balaban J connectivity index is 2.13. The second kappa shape index (κ2) is 5.77. The van der Waals surface area contributed by atoms with Gasteiger partial charge in [0.1, 0.15) is 11.9 Å². The molecule has 0 bridgehead atoms. The van der Waals surface area contributed by atoms with Crippen molar-refractivity contribution in [3.8, 4) is 11.9 Å². The SMILES string of the molecule is COC(=O)c1cccc2c1c1ccccc1n2-c1ccc(C#N)cn1. The van der Waals surface area contributed by atoms with Crippen LogP contribution in [0.1, 0.15) is 15.9 Å². The van der Waals surface area contributed by atoms with Gasteiger partial charge in [0.05, 0.1) is 29.3 Å². The van der Waals surface area contributed by atoms with Crippen molar-refractivity contribution in [1.82, 2.24) is 9.55 Å². The lowest BCUT2D eigenvalue weighted by Crippen LogP contribution is -2.02. The molecule has 0 N–H and O–H groups in total. The zero-order valence-corrected chi connectivity index (χ0v) is 13.4. The molecule has 5 nitrogen and oxygen atoms in total. The molecule has 0 aliphatic heterocycles. The van der Waals surface area contributed by atoms with Gasteiger partial charge in [-0.05, 0) is 30.3 Å². The first-order valence-electron chi connectivity index (χ1n) is 7.71. The maximum atomic E-state index is 12.2. The Labute approximate surface area is 143 Å². The number of para-hydroxylation sites is 1. The van der Waals surface area contributed by atoms with Crippen molar-refractivity contribution in [3.05, 3.63) is 71.9 Å². The van der Waals surface area contributed by atoms with Crippen molar-refractivity contribution in [2.75, 3.05) is 7.11 Å². The third-order valence-electron chi connectivity index (χ3n) is 4.21. The van der Waals surface area contributed by atoms with Gasteiger partial charge in [-0.25, -0.2) is 9.78 Å². The fourth-order valence-electron chi connectivity index (χ4n) is 3.13. The lowest BCUT2D eigenvalue weighted by molar-refractivity contribution is 0.0603. The molecular weight excluding hydrogens is 314 g/mol. The van der Waals surface area contributed by atoms with Crippen LogP contribution in [0, 0.1) is 11.3 Å². The fourth-order valence-corrected chi connectivity index (χ4v) is 3.13. The zero-order chi connectivity index (χ0) is 17.4. The molecule has 25 heavy (non-hydrogen) atoms. The number of carbonyl (C=O) groups excluding carboxylic acids is 1. The van der Waals surface area contributed by atoms with E-state index in [1.807, 2.05) is 41.0 Å². The molecule has 4 aromatic rings. The second-order valence-electron chi connectivity index (χ2n) is 5.56. The molecule has 0 spiro atoms. The van der Waals surface area contributed by atoms with Gasteiger partial charge < -0.3 is 4.74 Å². The summed E-state index contributed by atoms with van der Waals surface area (Å²) in [7, 11) is 1.38. The van der Waals surface area contributed by atoms with Gasteiger partial charge in [-0.1, -0.05) is 24.3 Å². The minimum Gasteiger partial charge on any atom is -0.465 e. The number of hydrogen-bond acceptors (Lipinski definition) is 4. The first-order chi connectivity index (χ1) is 12.2. The molecule has 0 aliphatic rings. The average Bonchev–Trinajstić information content (AvgIpc) is 3.02. The highest BCUT2D eigenvalue weighted by atomic mass is 16.5. The van der Waals surface area contributed by atoms with E-state index in [9.17, 15) is 4.79 Å². The molecule has 0 radical (unpaired) electrons. The molecule has 0 aliphatic carbocycles. The molecular formula is C20H13N3O2. The van der Waals surface area contributed by atoms with Crippen molar-refractivity contribution >= 4 is 27.8 Å². The number of fused-ring (bicyclic) bond motifs is 3. The minimum absolute atomic E-state index is 0.374. The zero-order valence-electron chi connectivity index (χ0n) is 13.4. The van der Waals surface area contributed by atoms with E-state index in [4.69, 9.17) is 10.00 Å². The van der Waals surface area contributed by atoms with Gasteiger partial charge in [-0.2, -0.15) is 5.26 Å². The number of esters is 1. The topological polar surface area (TPSA) is 67.9 Å². The molecule has 0 amide bonds. The van der Waals surface area contributed by atoms with Crippen molar-refractivity contribution < 1.29 is 9.53 Å². The summed E-state index contributed by atoms with van der Waals surface area (Å²) in [6.07, 6.45) is 1.54. The van der Waals surface area contributed by atoms with Crippen LogP contribution in [-0.4, -0.2) is 22.6 Å². The summed E-state index contributed by atoms with van der Waals surface area (Å²) in [4.78, 5) is 16.6. The summed E-state index contributed by atoms with van der Waals surface area (Å²) in [5.41, 5.74) is 2.82. The number of hydrogen-bond donors (Lipinski definition) is 0. The van der Waals surface area contributed by atoms with Crippen molar-refractivity contribution in [3.63, 3.8) is 0 Å². The predicted molar refractivity (Wildman–Crippen MR) is 94.6 cm³/mol. The molecule has 2 heterocycles. The predicted octanol–water partition coefficient (Wildman–Crippen LogP) is 3.84. The maximum absolute atomic E-state index is 12.2. The van der Waals surface area contributed by atoms with E-state index in [-0.39, 0.29) is 5.97 Å². The van der Waals surface area contributed by atoms with Crippen LogP contribution >= 0.6 is 0 Å². The highest BCUT2D eigenvalue weighted by molar-refractivity contribution is 6.17. The maximum Gasteiger partial charge on any atom is 0.338 e. The normalized spacial score (nSPS) is 10.7. The number of methoxy groups -OCH3 is 1. The number of aromatic nitrogens is 2. The molecule has 0 saturated carbocycles. The summed E-state index contributed by atoms with van der Waals surface area (Å²) in [6.45, 7) is 0. The van der Waals surface area contributed by atoms with Crippen molar-refractivity contribution in [2.45, 2.75) is 0 Å². The summed E-state index contributed by atoms with van der Waals surface area (Å²) in [5.74, 6) is 0.313. The van der Waals surface area contributed by atoms with Gasteiger partial charge in [0.15, 0.2) is 0 Å². The Morgan fingerprint density at radius 1 is 1.08 bits per heavy atom. The number of carbonyl (C=O) groups is 1. The van der Waals surface area contributed by atoms with E-state index in [1.54, 1.807) is 24.4 Å². The Bertz CT molecular complexity index is 1150. The van der Waals surface area contributed by atoms with Gasteiger partial charge in [-0.3, -0.25) is 4.57 Å². The van der Waals surface area contributed by atoms with Crippen LogP contribution in [0.25, 0.3) is 27.6 Å². The second-order valence-corrected chi connectivity index (χ2v) is 5.56. The Morgan fingerprint density at radius 2 is 1.88 bits per heavy atom. The van der Waals surface area contributed by atoms with Crippen LogP contribution in [0.2, 0.25) is 0 Å². The largest absolute Gasteiger partial charge is 0.465 e. The standard InChI is InChI=1S/C20H13N3O2/c1-25-20(24)15-6-4-8-17-19(15)14-5-2-3-7-16(14)23(17)18-10-9-13(11-21)12-22-18/h2-10,12H,1H3. The minimum atomic E-state index is -0.374. The van der Waals surface area contributed by atoms with E-state index in [0.717, 1.165) is 21.8 Å². The Hall–Kier alpha value is -3.65. The summed E-state index contributed by atoms with van der Waals surface area (Å²) < 4.78 is 6.92. The smallest absolute Gasteiger partial charge is 0.338 e. The molecule has 0 saturated heterocycles. The number of pyridine rings is 1. The van der Waals surface area contributed by atoms with E-state index in [2.05, 4.69) is 11.1 Å². The van der Waals surface area contributed by atoms with Crippen LogP contribution < -0.4 is 0 Å². The lowest BCUT2D eigenvalue weighted by atomic mass is 10.1. The fraction of sp³-hybridized carbons (Fsp3) is 0.0500. The number of ether oxygens (including phenoxy) is 1. The highest BCUT2D eigenvalue weighted by Gasteiger charge is 2.18. The molecule has 0 atom stereocenters. The van der Waals surface area contributed by atoms with Gasteiger partial charge in [0, 0.05) is 17.0 Å². The van der Waals surface area contributed by atoms with Crippen LogP contribution in [0.3, 0.4) is 0 Å². The van der Waals surface area contributed by atoms with Gasteiger partial charge in [0.25, 0.3) is 0 Å². The van der Waals surface area contributed by atoms with E-state index in [0.29, 0.717) is 16.9 Å². The number of rotatable bonds is 2. The van der Waals surface area contributed by atoms with Crippen molar-refractivity contribution in [1.29, 1.82) is 5.26 Å². The third-order valence-corrected chi connectivity index (χ3v) is 4.21. The van der Waals surface area contributed by atoms with E-state index < -0.39 is 0 Å². The first kappa shape index (κ1) is 14.9. The Morgan fingerprint density at radius 3 is 2.60 bits per heavy atom. The van der Waals surface area contributed by atoms with Crippen LogP contribution in [0.4, 0.5) is 0 Å². The van der Waals surface area contributed by atoms with Gasteiger partial charge in [-0.15, -0.1) is 0 Å². The number of nitrogens with zero attached hydrogens (tertiary/aromatic N) is 3. The quantitative estimate of drug-likeness (QED) is 0.525. The van der Waals surface area contributed by atoms with Crippen molar-refractivity contribution in [2.24, 2.45) is 0 Å². The van der Waals surface area contributed by atoms with E-state index in [1.165, 1.54) is 7.11 Å². The average molecular weight is 327 g/mol. The third kappa shape index (κ3) is 2.24. The summed E-state index contributed by atoms with van der Waals surface area (Å²) >= 11 is 0. The molecule has 5 heteroatoms. The summed E-state index contributed by atoms with van der Waals surface area (Å²) in [6, 6.07) is 19.0. The molecule has 2 aromatic heterocycles. The van der Waals surface area contributed by atoms with Gasteiger partial charge in [0.2, 0.25) is 0 Å².